The first-order valence-electron chi connectivity index (χ1n) is 8.83. The highest BCUT2D eigenvalue weighted by molar-refractivity contribution is 6.07. The summed E-state index contributed by atoms with van der Waals surface area (Å²) in [6, 6.07) is 3.82. The van der Waals surface area contributed by atoms with Gasteiger partial charge in [0.25, 0.3) is 5.91 Å². The molecule has 0 aliphatic carbocycles. The SMILES string of the molecule is Nc1cc(F)c(-c2c(F)cccc2F)nc1C(=O)Nc1cncnc1OC1CNC1. The predicted octanol–water partition coefficient (Wildman–Crippen LogP) is 2.14. The number of ether oxygens (including phenoxy) is 1. The van der Waals surface area contributed by atoms with Crippen LogP contribution in [0.5, 0.6) is 5.88 Å². The van der Waals surface area contributed by atoms with Crippen molar-refractivity contribution in [1.82, 2.24) is 20.3 Å². The fraction of sp³-hybridized carbons (Fsp3) is 0.158. The lowest BCUT2D eigenvalue weighted by molar-refractivity contribution is 0.102. The Kier molecular flexibility index (Phi) is 5.19. The highest BCUT2D eigenvalue weighted by Gasteiger charge is 2.24. The predicted molar refractivity (Wildman–Crippen MR) is 101 cm³/mol. The molecule has 1 aliphatic rings. The number of hydrogen-bond donors (Lipinski definition) is 3. The monoisotopic (exact) mass is 416 g/mol. The first kappa shape index (κ1) is 19.6. The molecule has 4 N–H and O–H groups in total. The van der Waals surface area contributed by atoms with Gasteiger partial charge in [0.2, 0.25) is 5.88 Å². The molecule has 3 aromatic rings. The van der Waals surface area contributed by atoms with E-state index in [9.17, 15) is 18.0 Å². The zero-order chi connectivity index (χ0) is 21.3. The van der Waals surface area contributed by atoms with Crippen LogP contribution in [0, 0.1) is 17.5 Å². The molecule has 3 heterocycles. The van der Waals surface area contributed by atoms with E-state index in [1.807, 2.05) is 0 Å². The second-order valence-corrected chi connectivity index (χ2v) is 6.45. The highest BCUT2D eigenvalue weighted by Crippen LogP contribution is 2.29. The van der Waals surface area contributed by atoms with Gasteiger partial charge in [-0.25, -0.2) is 23.1 Å². The number of carbonyl (C=O) groups excluding carboxylic acids is 1. The quantitative estimate of drug-likeness (QED) is 0.584. The van der Waals surface area contributed by atoms with Crippen LogP contribution in [0.1, 0.15) is 10.5 Å². The summed E-state index contributed by atoms with van der Waals surface area (Å²) in [5.74, 6) is -3.85. The summed E-state index contributed by atoms with van der Waals surface area (Å²) in [7, 11) is 0. The number of carbonyl (C=O) groups is 1. The van der Waals surface area contributed by atoms with Gasteiger partial charge in [-0.05, 0) is 12.1 Å². The van der Waals surface area contributed by atoms with E-state index in [4.69, 9.17) is 10.5 Å². The average molecular weight is 416 g/mol. The Hall–Kier alpha value is -3.73. The molecule has 154 valence electrons. The van der Waals surface area contributed by atoms with Gasteiger partial charge < -0.3 is 21.1 Å². The third-order valence-corrected chi connectivity index (χ3v) is 4.37. The van der Waals surface area contributed by atoms with Crippen molar-refractivity contribution in [3.05, 3.63) is 59.9 Å². The molecule has 0 spiro atoms. The molecule has 0 atom stereocenters. The zero-order valence-electron chi connectivity index (χ0n) is 15.3. The second kappa shape index (κ2) is 7.95. The number of rotatable bonds is 5. The minimum atomic E-state index is -1.07. The number of nitrogen functional groups attached to an aromatic ring is 1. The number of pyridine rings is 1. The molecule has 11 heteroatoms. The van der Waals surface area contributed by atoms with Gasteiger partial charge in [-0.1, -0.05) is 6.07 Å². The third kappa shape index (κ3) is 3.74. The molecule has 1 aliphatic heterocycles. The van der Waals surface area contributed by atoms with E-state index in [0.29, 0.717) is 13.1 Å². The van der Waals surface area contributed by atoms with Gasteiger partial charge in [0.1, 0.15) is 35.4 Å². The van der Waals surface area contributed by atoms with Crippen molar-refractivity contribution in [2.45, 2.75) is 6.10 Å². The number of amides is 1. The van der Waals surface area contributed by atoms with E-state index in [0.717, 1.165) is 24.3 Å². The summed E-state index contributed by atoms with van der Waals surface area (Å²) in [4.78, 5) is 24.3. The van der Waals surface area contributed by atoms with Crippen LogP contribution >= 0.6 is 0 Å². The Morgan fingerprint density at radius 1 is 1.20 bits per heavy atom. The fourth-order valence-electron chi connectivity index (χ4n) is 2.77. The first-order valence-corrected chi connectivity index (χ1v) is 8.83. The van der Waals surface area contributed by atoms with Crippen molar-refractivity contribution < 1.29 is 22.7 Å². The fourth-order valence-corrected chi connectivity index (χ4v) is 2.77. The molecule has 2 aromatic heterocycles. The summed E-state index contributed by atoms with van der Waals surface area (Å²) in [5, 5.41) is 5.52. The summed E-state index contributed by atoms with van der Waals surface area (Å²) >= 11 is 0. The Labute approximate surface area is 168 Å². The maximum Gasteiger partial charge on any atom is 0.276 e. The number of nitrogens with one attached hydrogen (secondary N) is 2. The summed E-state index contributed by atoms with van der Waals surface area (Å²) in [6.07, 6.45) is 2.45. The normalized spacial score (nSPS) is 13.6. The smallest absolute Gasteiger partial charge is 0.276 e. The lowest BCUT2D eigenvalue weighted by atomic mass is 10.1. The van der Waals surface area contributed by atoms with Gasteiger partial charge in [0.05, 0.1) is 17.4 Å². The Bertz CT molecular complexity index is 1100. The number of nitrogens with two attached hydrogens (primary N) is 1. The summed E-state index contributed by atoms with van der Waals surface area (Å²) in [6.45, 7) is 1.25. The standard InChI is InChI=1S/C19H15F3N6O2/c20-10-2-1-3-11(21)15(10)16-12(22)4-13(23)17(28-16)18(29)27-14-7-25-8-26-19(14)30-9-5-24-6-9/h1-4,7-9,24H,5-6,23H2,(H,27,29). The lowest BCUT2D eigenvalue weighted by Gasteiger charge is -2.27. The largest absolute Gasteiger partial charge is 0.470 e. The molecule has 0 saturated carbocycles. The number of anilines is 2. The molecule has 1 saturated heterocycles. The van der Waals surface area contributed by atoms with E-state index in [1.165, 1.54) is 12.5 Å². The van der Waals surface area contributed by atoms with Crippen LogP contribution in [0.3, 0.4) is 0 Å². The summed E-state index contributed by atoms with van der Waals surface area (Å²) < 4.78 is 48.2. The molecule has 0 unspecified atom stereocenters. The zero-order valence-corrected chi connectivity index (χ0v) is 15.3. The summed E-state index contributed by atoms with van der Waals surface area (Å²) in [5.41, 5.74) is 3.76. The minimum Gasteiger partial charge on any atom is -0.470 e. The van der Waals surface area contributed by atoms with E-state index < -0.39 is 40.3 Å². The van der Waals surface area contributed by atoms with Crippen LogP contribution < -0.4 is 21.1 Å². The van der Waals surface area contributed by atoms with Crippen LogP contribution in [-0.4, -0.2) is 40.1 Å². The van der Waals surface area contributed by atoms with Crippen molar-refractivity contribution in [3.63, 3.8) is 0 Å². The van der Waals surface area contributed by atoms with Crippen molar-refractivity contribution in [3.8, 4) is 17.1 Å². The van der Waals surface area contributed by atoms with E-state index >= 15 is 0 Å². The van der Waals surface area contributed by atoms with Crippen LogP contribution in [0.4, 0.5) is 24.5 Å². The molecule has 8 nitrogen and oxygen atoms in total. The average Bonchev–Trinajstić information content (AvgIpc) is 2.67. The molecule has 1 aromatic carbocycles. The molecule has 4 rings (SSSR count). The maximum atomic E-state index is 14.4. The lowest BCUT2D eigenvalue weighted by Crippen LogP contribution is -2.50. The Morgan fingerprint density at radius 3 is 2.60 bits per heavy atom. The van der Waals surface area contributed by atoms with Crippen molar-refractivity contribution in [2.75, 3.05) is 24.1 Å². The Balaban J connectivity index is 1.67. The molecular formula is C19H15F3N6O2. The number of aromatic nitrogens is 3. The van der Waals surface area contributed by atoms with Crippen molar-refractivity contribution in [2.24, 2.45) is 0 Å². The van der Waals surface area contributed by atoms with Gasteiger partial charge in [-0.2, -0.15) is 4.98 Å². The Morgan fingerprint density at radius 2 is 1.93 bits per heavy atom. The topological polar surface area (TPSA) is 115 Å². The van der Waals surface area contributed by atoms with Gasteiger partial charge in [0, 0.05) is 19.2 Å². The van der Waals surface area contributed by atoms with Gasteiger partial charge in [-0.3, -0.25) is 4.79 Å². The van der Waals surface area contributed by atoms with Crippen molar-refractivity contribution >= 4 is 17.3 Å². The molecule has 0 radical (unpaired) electrons. The molecule has 1 amide bonds. The number of benzene rings is 1. The van der Waals surface area contributed by atoms with Crippen LogP contribution in [0.2, 0.25) is 0 Å². The van der Waals surface area contributed by atoms with Crippen LogP contribution in [0.25, 0.3) is 11.3 Å². The van der Waals surface area contributed by atoms with Crippen molar-refractivity contribution in [1.29, 1.82) is 0 Å². The van der Waals surface area contributed by atoms with E-state index in [1.54, 1.807) is 0 Å². The molecule has 0 bridgehead atoms. The maximum absolute atomic E-state index is 14.4. The number of halogens is 3. The number of hydrogen-bond acceptors (Lipinski definition) is 7. The van der Waals surface area contributed by atoms with Gasteiger partial charge in [0.15, 0.2) is 11.5 Å². The minimum absolute atomic E-state index is 0.111. The third-order valence-electron chi connectivity index (χ3n) is 4.37. The highest BCUT2D eigenvalue weighted by atomic mass is 19.1. The second-order valence-electron chi connectivity index (χ2n) is 6.45. The van der Waals surface area contributed by atoms with Crippen LogP contribution in [-0.2, 0) is 0 Å². The van der Waals surface area contributed by atoms with E-state index in [2.05, 4.69) is 25.6 Å². The number of nitrogens with zero attached hydrogens (tertiary/aromatic N) is 3. The molecular weight excluding hydrogens is 401 g/mol. The van der Waals surface area contributed by atoms with Crippen LogP contribution in [0.15, 0.2) is 36.8 Å². The molecule has 30 heavy (non-hydrogen) atoms. The molecule has 1 fully saturated rings. The first-order chi connectivity index (χ1) is 14.4. The van der Waals surface area contributed by atoms with Gasteiger partial charge >= 0.3 is 0 Å². The van der Waals surface area contributed by atoms with E-state index in [-0.39, 0.29) is 23.4 Å². The van der Waals surface area contributed by atoms with Gasteiger partial charge in [-0.15, -0.1) is 0 Å².